The number of H-pyrrole nitrogens is 1. The number of hydrogen-bond donors (Lipinski definition) is 2. The Hall–Kier alpha value is -3.32. The van der Waals surface area contributed by atoms with Gasteiger partial charge in [0.05, 0.1) is 24.5 Å². The number of nitrogen functional groups attached to an aromatic ring is 1. The summed E-state index contributed by atoms with van der Waals surface area (Å²) >= 11 is 0. The van der Waals surface area contributed by atoms with E-state index >= 15 is 0 Å². The number of ether oxygens (including phenoxy) is 2. The van der Waals surface area contributed by atoms with Gasteiger partial charge in [-0.1, -0.05) is 12.1 Å². The van der Waals surface area contributed by atoms with Crippen molar-refractivity contribution in [3.8, 4) is 22.9 Å². The van der Waals surface area contributed by atoms with E-state index in [1.54, 1.807) is 0 Å². The fourth-order valence-electron chi connectivity index (χ4n) is 3.90. The average molecular weight is 421 g/mol. The second-order valence-electron chi connectivity index (χ2n) is 7.53. The summed E-state index contributed by atoms with van der Waals surface area (Å²) in [7, 11) is 0. The number of nitrogens with two attached hydrogens (primary N) is 1. The SMILES string of the molecule is CCOc1cccc(CN2CCc3nc(-c4ccc(N)cc4)[nH]c(=O)c3C2)c1OCC. The minimum Gasteiger partial charge on any atom is -0.490 e. The molecule has 162 valence electrons. The van der Waals surface area contributed by atoms with Crippen LogP contribution < -0.4 is 20.8 Å². The third-order valence-corrected chi connectivity index (χ3v) is 5.37. The van der Waals surface area contributed by atoms with Crippen molar-refractivity contribution in [3.05, 3.63) is 69.6 Å². The summed E-state index contributed by atoms with van der Waals surface area (Å²) in [6.07, 6.45) is 0.719. The molecule has 0 saturated heterocycles. The normalized spacial score (nSPS) is 13.6. The maximum atomic E-state index is 12.8. The van der Waals surface area contributed by atoms with Crippen LogP contribution in [0, 0.1) is 0 Å². The Morgan fingerprint density at radius 2 is 1.87 bits per heavy atom. The van der Waals surface area contributed by atoms with E-state index in [0.29, 0.717) is 37.8 Å². The van der Waals surface area contributed by atoms with E-state index in [-0.39, 0.29) is 5.56 Å². The Bertz CT molecular complexity index is 1110. The van der Waals surface area contributed by atoms with Crippen molar-refractivity contribution in [1.82, 2.24) is 14.9 Å². The average Bonchev–Trinajstić information content (AvgIpc) is 2.77. The summed E-state index contributed by atoms with van der Waals surface area (Å²) in [5.41, 5.74) is 9.85. The summed E-state index contributed by atoms with van der Waals surface area (Å²) in [6, 6.07) is 13.3. The molecule has 1 aliphatic rings. The zero-order valence-electron chi connectivity index (χ0n) is 18.0. The third kappa shape index (κ3) is 4.56. The molecular weight excluding hydrogens is 392 g/mol. The summed E-state index contributed by atoms with van der Waals surface area (Å²) in [5, 5.41) is 0. The number of aromatic amines is 1. The topological polar surface area (TPSA) is 93.5 Å². The summed E-state index contributed by atoms with van der Waals surface area (Å²) in [5.74, 6) is 2.12. The van der Waals surface area contributed by atoms with Crippen molar-refractivity contribution in [2.75, 3.05) is 25.5 Å². The molecule has 0 unspecified atom stereocenters. The largest absolute Gasteiger partial charge is 0.490 e. The maximum absolute atomic E-state index is 12.8. The van der Waals surface area contributed by atoms with Crippen LogP contribution >= 0.6 is 0 Å². The molecule has 4 rings (SSSR count). The van der Waals surface area contributed by atoms with Gasteiger partial charge in [0.25, 0.3) is 5.56 Å². The van der Waals surface area contributed by atoms with E-state index in [9.17, 15) is 4.79 Å². The lowest BCUT2D eigenvalue weighted by Crippen LogP contribution is -2.35. The second kappa shape index (κ2) is 9.22. The summed E-state index contributed by atoms with van der Waals surface area (Å²) < 4.78 is 11.6. The molecule has 0 fully saturated rings. The lowest BCUT2D eigenvalue weighted by molar-refractivity contribution is 0.232. The van der Waals surface area contributed by atoms with Gasteiger partial charge in [0, 0.05) is 42.9 Å². The van der Waals surface area contributed by atoms with E-state index in [0.717, 1.165) is 46.8 Å². The first kappa shape index (κ1) is 20.9. The van der Waals surface area contributed by atoms with E-state index in [4.69, 9.17) is 20.2 Å². The predicted molar refractivity (Wildman–Crippen MR) is 121 cm³/mol. The van der Waals surface area contributed by atoms with E-state index in [2.05, 4.69) is 16.0 Å². The van der Waals surface area contributed by atoms with Crippen LogP contribution in [0.25, 0.3) is 11.4 Å². The molecule has 0 aliphatic carbocycles. The van der Waals surface area contributed by atoms with Crippen molar-refractivity contribution < 1.29 is 9.47 Å². The first-order chi connectivity index (χ1) is 15.1. The van der Waals surface area contributed by atoms with Crippen LogP contribution in [0.5, 0.6) is 11.5 Å². The van der Waals surface area contributed by atoms with Gasteiger partial charge in [-0.05, 0) is 44.2 Å². The van der Waals surface area contributed by atoms with Crippen LogP contribution in [0.1, 0.15) is 30.7 Å². The van der Waals surface area contributed by atoms with Crippen molar-refractivity contribution in [1.29, 1.82) is 0 Å². The van der Waals surface area contributed by atoms with Gasteiger partial charge in [0.2, 0.25) is 0 Å². The summed E-state index contributed by atoms with van der Waals surface area (Å²) in [6.45, 7) is 7.11. The fourth-order valence-corrected chi connectivity index (χ4v) is 3.90. The monoisotopic (exact) mass is 420 g/mol. The van der Waals surface area contributed by atoms with Crippen molar-refractivity contribution in [3.63, 3.8) is 0 Å². The molecule has 1 aliphatic heterocycles. The first-order valence-corrected chi connectivity index (χ1v) is 10.7. The summed E-state index contributed by atoms with van der Waals surface area (Å²) in [4.78, 5) is 22.8. The lowest BCUT2D eigenvalue weighted by Gasteiger charge is -2.28. The standard InChI is InChI=1S/C24H28N4O3/c1-3-30-21-7-5-6-17(22(21)31-4-2)14-28-13-12-20-19(15-28)24(29)27-23(26-20)16-8-10-18(25)11-9-16/h5-11H,3-4,12-15,25H2,1-2H3,(H,26,27,29). The first-order valence-electron chi connectivity index (χ1n) is 10.7. The van der Waals surface area contributed by atoms with Crippen molar-refractivity contribution in [2.24, 2.45) is 0 Å². The molecule has 31 heavy (non-hydrogen) atoms. The van der Waals surface area contributed by atoms with Gasteiger partial charge in [0.1, 0.15) is 5.82 Å². The van der Waals surface area contributed by atoms with E-state index in [1.165, 1.54) is 0 Å². The van der Waals surface area contributed by atoms with Gasteiger partial charge >= 0.3 is 0 Å². The number of rotatable bonds is 7. The number of hydrogen-bond acceptors (Lipinski definition) is 6. The molecule has 7 nitrogen and oxygen atoms in total. The predicted octanol–water partition coefficient (Wildman–Crippen LogP) is 3.37. The zero-order chi connectivity index (χ0) is 21.8. The van der Waals surface area contributed by atoms with Gasteiger partial charge in [0.15, 0.2) is 11.5 Å². The number of nitrogens with one attached hydrogen (secondary N) is 1. The minimum absolute atomic E-state index is 0.0883. The Kier molecular flexibility index (Phi) is 6.23. The highest BCUT2D eigenvalue weighted by molar-refractivity contribution is 5.58. The highest BCUT2D eigenvalue weighted by atomic mass is 16.5. The second-order valence-corrected chi connectivity index (χ2v) is 7.53. The number of nitrogens with zero attached hydrogens (tertiary/aromatic N) is 2. The van der Waals surface area contributed by atoms with Crippen LogP contribution in [-0.4, -0.2) is 34.6 Å². The molecule has 0 spiro atoms. The Morgan fingerprint density at radius 1 is 1.10 bits per heavy atom. The molecule has 0 amide bonds. The number of aromatic nitrogens is 2. The van der Waals surface area contributed by atoms with Gasteiger partial charge in [-0.2, -0.15) is 0 Å². The van der Waals surface area contributed by atoms with Gasteiger partial charge in [-0.3, -0.25) is 9.69 Å². The van der Waals surface area contributed by atoms with Crippen LogP contribution in [0.4, 0.5) is 5.69 Å². The Labute approximate surface area is 181 Å². The van der Waals surface area contributed by atoms with E-state index in [1.807, 2.05) is 50.2 Å². The smallest absolute Gasteiger partial charge is 0.255 e. The molecule has 2 aromatic carbocycles. The Morgan fingerprint density at radius 3 is 2.61 bits per heavy atom. The molecule has 3 aromatic rings. The molecule has 2 heterocycles. The molecule has 7 heteroatoms. The molecule has 0 radical (unpaired) electrons. The van der Waals surface area contributed by atoms with E-state index < -0.39 is 0 Å². The van der Waals surface area contributed by atoms with Gasteiger partial charge in [-0.15, -0.1) is 0 Å². The highest BCUT2D eigenvalue weighted by Gasteiger charge is 2.23. The fraction of sp³-hybridized carbons (Fsp3) is 0.333. The maximum Gasteiger partial charge on any atom is 0.255 e. The van der Waals surface area contributed by atoms with Crippen LogP contribution in [0.2, 0.25) is 0 Å². The zero-order valence-corrected chi connectivity index (χ0v) is 18.0. The molecule has 1 aromatic heterocycles. The molecule has 0 bridgehead atoms. The molecular formula is C24H28N4O3. The number of fused-ring (bicyclic) bond motifs is 1. The number of anilines is 1. The lowest BCUT2D eigenvalue weighted by atomic mass is 10.0. The Balaban J connectivity index is 1.57. The number of benzene rings is 2. The van der Waals surface area contributed by atoms with Crippen LogP contribution in [-0.2, 0) is 19.5 Å². The van der Waals surface area contributed by atoms with Crippen molar-refractivity contribution in [2.45, 2.75) is 33.4 Å². The van der Waals surface area contributed by atoms with Gasteiger partial charge in [-0.25, -0.2) is 4.98 Å². The third-order valence-electron chi connectivity index (χ3n) is 5.37. The molecule has 3 N–H and O–H groups in total. The molecule has 0 atom stereocenters. The quantitative estimate of drug-likeness (QED) is 0.569. The van der Waals surface area contributed by atoms with Crippen molar-refractivity contribution >= 4 is 5.69 Å². The highest BCUT2D eigenvalue weighted by Crippen LogP contribution is 2.33. The molecule has 0 saturated carbocycles. The van der Waals surface area contributed by atoms with Crippen LogP contribution in [0.15, 0.2) is 47.3 Å². The van der Waals surface area contributed by atoms with Gasteiger partial charge < -0.3 is 20.2 Å². The van der Waals surface area contributed by atoms with Crippen LogP contribution in [0.3, 0.4) is 0 Å². The minimum atomic E-state index is -0.0883. The number of para-hydroxylation sites is 1.